The van der Waals surface area contributed by atoms with Gasteiger partial charge in [-0.05, 0) is 31.5 Å². The second kappa shape index (κ2) is 7.94. The number of nitriles is 2. The van der Waals surface area contributed by atoms with Crippen molar-refractivity contribution in [1.82, 2.24) is 5.32 Å². The molecule has 0 aliphatic heterocycles. The molecular formula is C15H14ClN3O2. The van der Waals surface area contributed by atoms with Crippen molar-refractivity contribution in [3.63, 3.8) is 0 Å². The van der Waals surface area contributed by atoms with Gasteiger partial charge in [-0.25, -0.2) is 4.79 Å². The van der Waals surface area contributed by atoms with Gasteiger partial charge in [0.1, 0.15) is 12.1 Å². The van der Waals surface area contributed by atoms with Crippen LogP contribution in [0.15, 0.2) is 35.5 Å². The molecule has 0 radical (unpaired) electrons. The molecule has 1 unspecified atom stereocenters. The van der Waals surface area contributed by atoms with Crippen LogP contribution in [0.4, 0.5) is 0 Å². The fraction of sp³-hybridized carbons (Fsp3) is 0.267. The Morgan fingerprint density at radius 2 is 2.00 bits per heavy atom. The lowest BCUT2D eigenvalue weighted by Crippen LogP contribution is -2.20. The van der Waals surface area contributed by atoms with Crippen molar-refractivity contribution >= 4 is 17.6 Å². The molecule has 0 fully saturated rings. The van der Waals surface area contributed by atoms with Gasteiger partial charge in [0.25, 0.3) is 0 Å². The average molecular weight is 304 g/mol. The number of nitrogens with one attached hydrogen (secondary N) is 1. The highest BCUT2D eigenvalue weighted by atomic mass is 35.5. The molecule has 1 aromatic rings. The number of ether oxygens (including phenoxy) is 1. The summed E-state index contributed by atoms with van der Waals surface area (Å²) in [6.07, 6.45) is -0.898. The second-order valence-corrected chi connectivity index (χ2v) is 4.70. The Bertz CT molecular complexity index is 624. The van der Waals surface area contributed by atoms with Gasteiger partial charge in [-0.15, -0.1) is 0 Å². The van der Waals surface area contributed by atoms with Gasteiger partial charge in [-0.3, -0.25) is 0 Å². The van der Waals surface area contributed by atoms with Crippen molar-refractivity contribution in [3.05, 3.63) is 46.1 Å². The lowest BCUT2D eigenvalue weighted by Gasteiger charge is -2.10. The third kappa shape index (κ3) is 5.18. The van der Waals surface area contributed by atoms with Crippen LogP contribution in [-0.4, -0.2) is 12.1 Å². The third-order valence-electron chi connectivity index (χ3n) is 2.63. The maximum absolute atomic E-state index is 11.7. The van der Waals surface area contributed by atoms with Gasteiger partial charge >= 0.3 is 5.97 Å². The fourth-order valence-corrected chi connectivity index (χ4v) is 1.58. The molecule has 0 saturated heterocycles. The molecule has 1 atom stereocenters. The molecule has 1 N–H and O–H groups in total. The quantitative estimate of drug-likeness (QED) is 0.513. The molecule has 0 aromatic heterocycles. The monoisotopic (exact) mass is 303 g/mol. The van der Waals surface area contributed by atoms with Crippen LogP contribution >= 0.6 is 11.6 Å². The number of halogens is 1. The van der Waals surface area contributed by atoms with Gasteiger partial charge in [0.2, 0.25) is 0 Å². The molecule has 1 aromatic carbocycles. The SMILES string of the molecule is CC(NCc1ccc(Cl)cc1)=C(C#N)C(=O)OC(C)C#N. The summed E-state index contributed by atoms with van der Waals surface area (Å²) in [5.41, 5.74) is 1.20. The number of carbonyl (C=O) groups excluding carboxylic acids is 1. The van der Waals surface area contributed by atoms with Crippen molar-refractivity contribution < 1.29 is 9.53 Å². The molecule has 6 heteroatoms. The van der Waals surface area contributed by atoms with Crippen LogP contribution in [0.5, 0.6) is 0 Å². The van der Waals surface area contributed by atoms with Crippen molar-refractivity contribution in [1.29, 1.82) is 10.5 Å². The third-order valence-corrected chi connectivity index (χ3v) is 2.88. The predicted molar refractivity (Wildman–Crippen MR) is 77.8 cm³/mol. The number of esters is 1. The van der Waals surface area contributed by atoms with E-state index in [0.717, 1.165) is 5.56 Å². The van der Waals surface area contributed by atoms with E-state index in [4.69, 9.17) is 26.9 Å². The van der Waals surface area contributed by atoms with Gasteiger partial charge in [-0.2, -0.15) is 10.5 Å². The predicted octanol–water partition coefficient (Wildman–Crippen LogP) is 2.68. The molecule has 21 heavy (non-hydrogen) atoms. The van der Waals surface area contributed by atoms with Crippen LogP contribution in [-0.2, 0) is 16.1 Å². The largest absolute Gasteiger partial charge is 0.443 e. The van der Waals surface area contributed by atoms with E-state index < -0.39 is 12.1 Å². The van der Waals surface area contributed by atoms with Crippen molar-refractivity contribution in [2.75, 3.05) is 0 Å². The highest BCUT2D eigenvalue weighted by Crippen LogP contribution is 2.11. The van der Waals surface area contributed by atoms with Crippen molar-refractivity contribution in [2.45, 2.75) is 26.5 Å². The second-order valence-electron chi connectivity index (χ2n) is 4.27. The molecule has 0 saturated carbocycles. The Kier molecular flexibility index (Phi) is 6.26. The van der Waals surface area contributed by atoms with Gasteiger partial charge in [0, 0.05) is 17.3 Å². The first-order valence-electron chi connectivity index (χ1n) is 6.17. The smallest absolute Gasteiger partial charge is 0.351 e. The van der Waals surface area contributed by atoms with Crippen LogP contribution < -0.4 is 5.32 Å². The molecule has 0 aliphatic carbocycles. The fourth-order valence-electron chi connectivity index (χ4n) is 1.45. The summed E-state index contributed by atoms with van der Waals surface area (Å²) in [7, 11) is 0. The summed E-state index contributed by atoms with van der Waals surface area (Å²) in [6.45, 7) is 3.48. The number of benzene rings is 1. The normalized spacial score (nSPS) is 12.4. The van der Waals surface area contributed by atoms with Crippen LogP contribution in [0.1, 0.15) is 19.4 Å². The lowest BCUT2D eigenvalue weighted by molar-refractivity contribution is -0.140. The number of carbonyl (C=O) groups is 1. The first-order chi connectivity index (χ1) is 9.97. The topological polar surface area (TPSA) is 85.9 Å². The van der Waals surface area contributed by atoms with Crippen LogP contribution in [0.2, 0.25) is 5.02 Å². The van der Waals surface area contributed by atoms with Gasteiger partial charge in [-0.1, -0.05) is 23.7 Å². The molecule has 108 valence electrons. The zero-order valence-electron chi connectivity index (χ0n) is 11.7. The van der Waals surface area contributed by atoms with E-state index in [2.05, 4.69) is 5.32 Å². The minimum Gasteiger partial charge on any atom is -0.443 e. The summed E-state index contributed by atoms with van der Waals surface area (Å²) in [5, 5.41) is 21.2. The minimum absolute atomic E-state index is 0.147. The standard InChI is InChI=1S/C15H14ClN3O2/c1-10(7-17)21-15(20)14(8-18)11(2)19-9-12-3-5-13(16)6-4-12/h3-6,10,19H,9H2,1-2H3. The van der Waals surface area contributed by atoms with Crippen LogP contribution in [0, 0.1) is 22.7 Å². The minimum atomic E-state index is -0.898. The highest BCUT2D eigenvalue weighted by Gasteiger charge is 2.17. The number of rotatable bonds is 5. The summed E-state index contributed by atoms with van der Waals surface area (Å²) >= 11 is 5.79. The number of hydrogen-bond donors (Lipinski definition) is 1. The lowest BCUT2D eigenvalue weighted by atomic mass is 10.2. The molecule has 0 aliphatic rings. The molecule has 0 heterocycles. The molecule has 1 rings (SSSR count). The molecule has 0 spiro atoms. The zero-order chi connectivity index (χ0) is 15.8. The Hall–Kier alpha value is -2.50. The van der Waals surface area contributed by atoms with E-state index in [9.17, 15) is 4.79 Å². The van der Waals surface area contributed by atoms with E-state index in [1.165, 1.54) is 6.92 Å². The van der Waals surface area contributed by atoms with Gasteiger partial charge < -0.3 is 10.1 Å². The maximum Gasteiger partial charge on any atom is 0.351 e. The number of hydrogen-bond acceptors (Lipinski definition) is 5. The van der Waals surface area contributed by atoms with Gasteiger partial charge in [0.15, 0.2) is 11.7 Å². The van der Waals surface area contributed by atoms with E-state index in [-0.39, 0.29) is 5.57 Å². The Morgan fingerprint density at radius 3 is 2.52 bits per heavy atom. The summed E-state index contributed by atoms with van der Waals surface area (Å²) < 4.78 is 4.80. The Morgan fingerprint density at radius 1 is 1.38 bits per heavy atom. The molecule has 0 amide bonds. The Balaban J connectivity index is 2.75. The average Bonchev–Trinajstić information content (AvgIpc) is 2.47. The summed E-state index contributed by atoms with van der Waals surface area (Å²) in [4.78, 5) is 11.7. The molecule has 0 bridgehead atoms. The van der Waals surface area contributed by atoms with E-state index in [1.54, 1.807) is 31.2 Å². The first-order valence-corrected chi connectivity index (χ1v) is 6.55. The highest BCUT2D eigenvalue weighted by molar-refractivity contribution is 6.30. The number of allylic oxidation sites excluding steroid dienone is 1. The zero-order valence-corrected chi connectivity index (χ0v) is 12.4. The maximum atomic E-state index is 11.7. The van der Waals surface area contributed by atoms with Crippen LogP contribution in [0.25, 0.3) is 0 Å². The van der Waals surface area contributed by atoms with Crippen LogP contribution in [0.3, 0.4) is 0 Å². The number of nitrogens with zero attached hydrogens (tertiary/aromatic N) is 2. The first kappa shape index (κ1) is 16.6. The van der Waals surface area contributed by atoms with Crippen molar-refractivity contribution in [2.24, 2.45) is 0 Å². The molecule has 5 nitrogen and oxygen atoms in total. The van der Waals surface area contributed by atoms with E-state index in [1.807, 2.05) is 12.1 Å². The van der Waals surface area contributed by atoms with E-state index >= 15 is 0 Å². The van der Waals surface area contributed by atoms with Gasteiger partial charge in [0.05, 0.1) is 0 Å². The summed E-state index contributed by atoms with van der Waals surface area (Å²) in [6, 6.07) is 10.7. The summed E-state index contributed by atoms with van der Waals surface area (Å²) in [5.74, 6) is -0.812. The molecular weight excluding hydrogens is 290 g/mol. The Labute approximate surface area is 128 Å². The van der Waals surface area contributed by atoms with Crippen molar-refractivity contribution in [3.8, 4) is 12.1 Å². The van der Waals surface area contributed by atoms with E-state index in [0.29, 0.717) is 17.3 Å².